The van der Waals surface area contributed by atoms with Crippen LogP contribution in [0.1, 0.15) is 61.4 Å². The monoisotopic (exact) mass is 596 g/mol. The van der Waals surface area contributed by atoms with E-state index in [-0.39, 0.29) is 5.41 Å². The molecule has 0 saturated heterocycles. The lowest BCUT2D eigenvalue weighted by molar-refractivity contribution is 0.604. The highest BCUT2D eigenvalue weighted by Crippen LogP contribution is 2.55. The summed E-state index contributed by atoms with van der Waals surface area (Å²) in [6.07, 6.45) is 2.37. The Bertz CT molecular complexity index is 2130. The van der Waals surface area contributed by atoms with Gasteiger partial charge in [-0.05, 0) is 73.1 Å². The summed E-state index contributed by atoms with van der Waals surface area (Å²) >= 11 is 0. The highest BCUT2D eigenvalue weighted by molar-refractivity contribution is 6.11. The second-order valence-corrected chi connectivity index (χ2v) is 13.1. The van der Waals surface area contributed by atoms with Crippen LogP contribution in [0.15, 0.2) is 139 Å². The van der Waals surface area contributed by atoms with Gasteiger partial charge in [0.1, 0.15) is 0 Å². The van der Waals surface area contributed by atoms with Gasteiger partial charge in [-0.1, -0.05) is 152 Å². The maximum Gasteiger partial charge on any atom is 0.160 e. The van der Waals surface area contributed by atoms with Crippen molar-refractivity contribution in [3.63, 3.8) is 0 Å². The van der Waals surface area contributed by atoms with Crippen molar-refractivity contribution in [3.8, 4) is 22.6 Å². The van der Waals surface area contributed by atoms with Crippen LogP contribution in [0.2, 0.25) is 0 Å². The fourth-order valence-electron chi connectivity index (χ4n) is 7.20. The zero-order valence-corrected chi connectivity index (χ0v) is 27.4. The minimum atomic E-state index is 0.153. The first kappa shape index (κ1) is 29.6. The Balaban J connectivity index is 0.000000147. The number of nitrogens with zero attached hydrogens (tertiary/aromatic N) is 2. The van der Waals surface area contributed by atoms with Gasteiger partial charge in [-0.15, -0.1) is 0 Å². The summed E-state index contributed by atoms with van der Waals surface area (Å²) in [4.78, 5) is 9.60. The molecule has 0 amide bonds. The van der Waals surface area contributed by atoms with Gasteiger partial charge < -0.3 is 0 Å². The van der Waals surface area contributed by atoms with Crippen molar-refractivity contribution in [1.82, 2.24) is 9.97 Å². The summed E-state index contributed by atoms with van der Waals surface area (Å²) in [7, 11) is 0. The third-order valence-electron chi connectivity index (χ3n) is 9.73. The van der Waals surface area contributed by atoms with Crippen LogP contribution >= 0.6 is 0 Å². The van der Waals surface area contributed by atoms with Crippen molar-refractivity contribution in [2.75, 3.05) is 0 Å². The SMILES string of the molecule is CC1=C(c2ccccc2C)C2=C(CC1)C(C)(C)c1ccccc12.Cc1ccc(-c2nc(-c3ccccc3)nc3ccccc23)cc1. The van der Waals surface area contributed by atoms with Crippen molar-refractivity contribution in [2.24, 2.45) is 0 Å². The van der Waals surface area contributed by atoms with Crippen LogP contribution in [-0.2, 0) is 5.41 Å². The van der Waals surface area contributed by atoms with Gasteiger partial charge in [-0.25, -0.2) is 9.97 Å². The van der Waals surface area contributed by atoms with E-state index in [1.807, 2.05) is 48.5 Å². The van der Waals surface area contributed by atoms with Gasteiger partial charge in [-0.2, -0.15) is 0 Å². The van der Waals surface area contributed by atoms with Crippen LogP contribution in [0.3, 0.4) is 0 Å². The molecule has 2 aliphatic carbocycles. The third kappa shape index (κ3) is 5.28. The van der Waals surface area contributed by atoms with Crippen LogP contribution in [0.25, 0.3) is 44.7 Å². The number of benzene rings is 5. The Morgan fingerprint density at radius 1 is 0.543 bits per heavy atom. The zero-order chi connectivity index (χ0) is 31.8. The molecule has 1 aromatic heterocycles. The number of aromatic nitrogens is 2. The van der Waals surface area contributed by atoms with Crippen molar-refractivity contribution in [2.45, 2.75) is 52.9 Å². The zero-order valence-electron chi connectivity index (χ0n) is 27.4. The average Bonchev–Trinajstić information content (AvgIpc) is 3.32. The third-order valence-corrected chi connectivity index (χ3v) is 9.73. The van der Waals surface area contributed by atoms with Crippen LogP contribution in [0, 0.1) is 13.8 Å². The number of hydrogen-bond acceptors (Lipinski definition) is 2. The second kappa shape index (κ2) is 12.0. The molecule has 0 N–H and O–H groups in total. The molecule has 2 heteroatoms. The number of aryl methyl sites for hydroxylation is 2. The largest absolute Gasteiger partial charge is 0.228 e. The Labute approximate surface area is 273 Å². The summed E-state index contributed by atoms with van der Waals surface area (Å²) in [5.74, 6) is 0.764. The molecule has 0 aliphatic heterocycles. The second-order valence-electron chi connectivity index (χ2n) is 13.1. The van der Waals surface area contributed by atoms with E-state index in [4.69, 9.17) is 9.97 Å². The first-order chi connectivity index (χ1) is 22.3. The van der Waals surface area contributed by atoms with E-state index in [0.717, 1.165) is 33.5 Å². The Kier molecular flexibility index (Phi) is 7.74. The van der Waals surface area contributed by atoms with Crippen molar-refractivity contribution < 1.29 is 0 Å². The van der Waals surface area contributed by atoms with Gasteiger partial charge in [0.2, 0.25) is 0 Å². The number of allylic oxidation sites excluding steroid dienone is 4. The molecule has 0 radical (unpaired) electrons. The van der Waals surface area contributed by atoms with E-state index >= 15 is 0 Å². The lowest BCUT2D eigenvalue weighted by atomic mass is 9.75. The maximum absolute atomic E-state index is 4.86. The fourth-order valence-corrected chi connectivity index (χ4v) is 7.20. The molecule has 0 saturated carbocycles. The topological polar surface area (TPSA) is 25.8 Å². The molecule has 0 bridgehead atoms. The van der Waals surface area contributed by atoms with Crippen molar-refractivity contribution in [3.05, 3.63) is 166 Å². The smallest absolute Gasteiger partial charge is 0.160 e. The summed E-state index contributed by atoms with van der Waals surface area (Å²) in [6.45, 7) is 11.4. The summed E-state index contributed by atoms with van der Waals surface area (Å²) in [5.41, 5.74) is 17.4. The first-order valence-electron chi connectivity index (χ1n) is 16.3. The molecular weight excluding hydrogens is 556 g/mol. The molecule has 6 aromatic rings. The normalized spacial score (nSPS) is 14.9. The predicted molar refractivity (Wildman–Crippen MR) is 195 cm³/mol. The van der Waals surface area contributed by atoms with Gasteiger partial charge >= 0.3 is 0 Å². The summed E-state index contributed by atoms with van der Waals surface area (Å²) in [6, 6.07) is 44.6. The van der Waals surface area contributed by atoms with E-state index in [2.05, 4.69) is 113 Å². The number of fused-ring (bicyclic) bond motifs is 3. The molecule has 1 heterocycles. The van der Waals surface area contributed by atoms with E-state index in [1.54, 1.807) is 5.57 Å². The molecule has 2 nitrogen and oxygen atoms in total. The van der Waals surface area contributed by atoms with Gasteiger partial charge in [0, 0.05) is 21.9 Å². The van der Waals surface area contributed by atoms with Crippen molar-refractivity contribution >= 4 is 22.0 Å². The molecule has 0 unspecified atom stereocenters. The van der Waals surface area contributed by atoms with Crippen LogP contribution < -0.4 is 0 Å². The van der Waals surface area contributed by atoms with Gasteiger partial charge in [0.15, 0.2) is 5.82 Å². The van der Waals surface area contributed by atoms with Gasteiger partial charge in [0.05, 0.1) is 11.2 Å². The Morgan fingerprint density at radius 2 is 1.20 bits per heavy atom. The van der Waals surface area contributed by atoms with Crippen molar-refractivity contribution in [1.29, 1.82) is 0 Å². The maximum atomic E-state index is 4.86. The number of para-hydroxylation sites is 1. The number of hydrogen-bond donors (Lipinski definition) is 0. The minimum Gasteiger partial charge on any atom is -0.228 e. The lowest BCUT2D eigenvalue weighted by Crippen LogP contribution is -2.18. The number of rotatable bonds is 3. The molecule has 226 valence electrons. The molecule has 8 rings (SSSR count). The molecule has 0 fully saturated rings. The van der Waals surface area contributed by atoms with Crippen LogP contribution in [0.4, 0.5) is 0 Å². The van der Waals surface area contributed by atoms with Gasteiger partial charge in [0.25, 0.3) is 0 Å². The van der Waals surface area contributed by atoms with E-state index < -0.39 is 0 Å². The molecule has 0 spiro atoms. The quantitative estimate of drug-likeness (QED) is 0.203. The highest BCUT2D eigenvalue weighted by atomic mass is 14.9. The van der Waals surface area contributed by atoms with Gasteiger partial charge in [-0.3, -0.25) is 0 Å². The highest BCUT2D eigenvalue weighted by Gasteiger charge is 2.40. The predicted octanol–water partition coefficient (Wildman–Crippen LogP) is 11.6. The minimum absolute atomic E-state index is 0.153. The summed E-state index contributed by atoms with van der Waals surface area (Å²) < 4.78 is 0. The molecular formula is C44H40N2. The average molecular weight is 597 g/mol. The van der Waals surface area contributed by atoms with Crippen LogP contribution in [0.5, 0.6) is 0 Å². The van der Waals surface area contributed by atoms with E-state index in [1.165, 1.54) is 57.4 Å². The lowest BCUT2D eigenvalue weighted by Gasteiger charge is -2.29. The molecule has 2 aliphatic rings. The van der Waals surface area contributed by atoms with E-state index in [9.17, 15) is 0 Å². The molecule has 0 atom stereocenters. The van der Waals surface area contributed by atoms with Crippen LogP contribution in [-0.4, -0.2) is 9.97 Å². The Hall–Kier alpha value is -5.08. The van der Waals surface area contributed by atoms with E-state index in [0.29, 0.717) is 0 Å². The molecule has 46 heavy (non-hydrogen) atoms. The Morgan fingerprint density at radius 3 is 1.96 bits per heavy atom. The summed E-state index contributed by atoms with van der Waals surface area (Å²) in [5, 5.41) is 1.08. The fraction of sp³-hybridized carbons (Fsp3) is 0.182. The first-order valence-corrected chi connectivity index (χ1v) is 16.3. The standard InChI is InChI=1S/C23H24.C21H16N2/c1-15-9-5-6-10-17(15)21-16(2)13-14-20-22(21)18-11-7-8-12-19(18)23(20,3)4;1-15-11-13-16(14-12-15)20-18-9-5-6-10-19(18)22-21(23-20)17-7-3-2-4-8-17/h5-12H,13-14H2,1-4H3;2-14H,1H3. The molecule has 5 aromatic carbocycles.